The molecule has 3 N–H and O–H groups in total. The molecule has 0 saturated heterocycles. The number of hydrogen-bond donors (Lipinski definition) is 3. The SMILES string of the molecule is Cc1cnc(Nc2ccc3c(c2)NC(=O)C3(C)C)nc1Nc1ccc2ocnc2c1. The van der Waals surface area contributed by atoms with Crippen molar-refractivity contribution in [3.8, 4) is 0 Å². The maximum absolute atomic E-state index is 12.2. The summed E-state index contributed by atoms with van der Waals surface area (Å²) in [7, 11) is 0. The molecule has 8 heteroatoms. The number of oxazole rings is 1. The number of nitrogens with one attached hydrogen (secondary N) is 3. The van der Waals surface area contributed by atoms with Gasteiger partial charge in [0.25, 0.3) is 0 Å². The first-order valence-corrected chi connectivity index (χ1v) is 9.57. The highest BCUT2D eigenvalue weighted by Crippen LogP contribution is 2.39. The number of aromatic nitrogens is 3. The highest BCUT2D eigenvalue weighted by Gasteiger charge is 2.38. The van der Waals surface area contributed by atoms with Crippen LogP contribution in [-0.2, 0) is 10.2 Å². The third-order valence-electron chi connectivity index (χ3n) is 5.33. The Hall–Kier alpha value is -3.94. The van der Waals surface area contributed by atoms with Gasteiger partial charge in [0.05, 0.1) is 5.41 Å². The smallest absolute Gasteiger partial charge is 0.234 e. The Morgan fingerprint density at radius 2 is 1.83 bits per heavy atom. The van der Waals surface area contributed by atoms with E-state index in [4.69, 9.17) is 4.42 Å². The molecule has 0 spiro atoms. The van der Waals surface area contributed by atoms with Crippen LogP contribution in [-0.4, -0.2) is 20.9 Å². The molecule has 0 saturated carbocycles. The molecule has 0 radical (unpaired) electrons. The number of benzene rings is 2. The molecule has 0 unspecified atom stereocenters. The molecule has 1 aliphatic heterocycles. The van der Waals surface area contributed by atoms with E-state index in [9.17, 15) is 4.79 Å². The standard InChI is InChI=1S/C22H20N6O2/c1-12-10-23-21(26-14-4-6-15-16(8-14)27-20(29)22(15,2)3)28-19(12)25-13-5-7-18-17(9-13)24-11-30-18/h4-11H,1-3H3,(H,27,29)(H2,23,25,26,28). The van der Waals surface area contributed by atoms with E-state index in [0.717, 1.165) is 39.3 Å². The van der Waals surface area contributed by atoms with Gasteiger partial charge in [-0.05, 0) is 56.7 Å². The Kier molecular flexibility index (Phi) is 3.95. The molecule has 0 bridgehead atoms. The topological polar surface area (TPSA) is 105 Å². The molecule has 2 aromatic heterocycles. The zero-order valence-corrected chi connectivity index (χ0v) is 16.8. The fourth-order valence-electron chi connectivity index (χ4n) is 3.50. The van der Waals surface area contributed by atoms with Crippen molar-refractivity contribution >= 4 is 45.8 Å². The number of aryl methyl sites for hydroxylation is 1. The van der Waals surface area contributed by atoms with Gasteiger partial charge < -0.3 is 20.4 Å². The molecule has 3 heterocycles. The van der Waals surface area contributed by atoms with E-state index in [1.807, 2.05) is 57.2 Å². The summed E-state index contributed by atoms with van der Waals surface area (Å²) in [5.41, 5.74) is 5.31. The van der Waals surface area contributed by atoms with E-state index in [1.165, 1.54) is 6.39 Å². The summed E-state index contributed by atoms with van der Waals surface area (Å²) < 4.78 is 5.28. The van der Waals surface area contributed by atoms with Gasteiger partial charge >= 0.3 is 0 Å². The molecule has 8 nitrogen and oxygen atoms in total. The lowest BCUT2D eigenvalue weighted by molar-refractivity contribution is -0.119. The molecule has 5 rings (SSSR count). The van der Waals surface area contributed by atoms with Crippen molar-refractivity contribution in [2.24, 2.45) is 0 Å². The summed E-state index contributed by atoms with van der Waals surface area (Å²) >= 11 is 0. The van der Waals surface area contributed by atoms with Crippen LogP contribution >= 0.6 is 0 Å². The average Bonchev–Trinajstić information content (AvgIpc) is 3.26. The van der Waals surface area contributed by atoms with Crippen molar-refractivity contribution in [1.82, 2.24) is 15.0 Å². The molecule has 150 valence electrons. The zero-order chi connectivity index (χ0) is 20.9. The van der Waals surface area contributed by atoms with Gasteiger partial charge in [0, 0.05) is 28.8 Å². The van der Waals surface area contributed by atoms with Gasteiger partial charge in [0.2, 0.25) is 11.9 Å². The Bertz CT molecular complexity index is 1290. The van der Waals surface area contributed by atoms with Crippen molar-refractivity contribution in [2.75, 3.05) is 16.0 Å². The van der Waals surface area contributed by atoms with Crippen molar-refractivity contribution in [3.05, 3.63) is 60.1 Å². The quantitative estimate of drug-likeness (QED) is 0.458. The maximum Gasteiger partial charge on any atom is 0.234 e. The van der Waals surface area contributed by atoms with Gasteiger partial charge in [-0.15, -0.1) is 0 Å². The molecule has 4 aromatic rings. The number of carbonyl (C=O) groups is 1. The highest BCUT2D eigenvalue weighted by atomic mass is 16.3. The van der Waals surface area contributed by atoms with Crippen LogP contribution in [0.4, 0.5) is 28.8 Å². The Labute approximate surface area is 172 Å². The predicted molar refractivity (Wildman–Crippen MR) is 115 cm³/mol. The largest absolute Gasteiger partial charge is 0.443 e. The fraction of sp³-hybridized carbons (Fsp3) is 0.182. The first kappa shape index (κ1) is 18.1. The van der Waals surface area contributed by atoms with E-state index in [0.29, 0.717) is 11.8 Å². The summed E-state index contributed by atoms with van der Waals surface area (Å²) in [5.74, 6) is 1.14. The summed E-state index contributed by atoms with van der Waals surface area (Å²) in [6.07, 6.45) is 3.18. The zero-order valence-electron chi connectivity index (χ0n) is 16.8. The number of anilines is 5. The van der Waals surface area contributed by atoms with Crippen molar-refractivity contribution < 1.29 is 9.21 Å². The van der Waals surface area contributed by atoms with Crippen LogP contribution in [0.2, 0.25) is 0 Å². The van der Waals surface area contributed by atoms with E-state index in [1.54, 1.807) is 6.20 Å². The monoisotopic (exact) mass is 400 g/mol. The van der Waals surface area contributed by atoms with Crippen LogP contribution in [0.25, 0.3) is 11.1 Å². The number of rotatable bonds is 4. The Balaban J connectivity index is 1.40. The number of carbonyl (C=O) groups excluding carboxylic acids is 1. The van der Waals surface area contributed by atoms with Crippen molar-refractivity contribution in [2.45, 2.75) is 26.2 Å². The predicted octanol–water partition coefficient (Wildman–Crippen LogP) is 4.64. The lowest BCUT2D eigenvalue weighted by atomic mass is 9.86. The van der Waals surface area contributed by atoms with E-state index in [2.05, 4.69) is 30.9 Å². The van der Waals surface area contributed by atoms with Crippen LogP contribution in [0.5, 0.6) is 0 Å². The molecule has 0 fully saturated rings. The maximum atomic E-state index is 12.2. The third kappa shape index (κ3) is 3.02. The third-order valence-corrected chi connectivity index (χ3v) is 5.33. The Morgan fingerprint density at radius 1 is 1.03 bits per heavy atom. The molecule has 0 aliphatic carbocycles. The normalized spacial score (nSPS) is 14.4. The van der Waals surface area contributed by atoms with Crippen LogP contribution in [0.15, 0.2) is 53.4 Å². The second-order valence-corrected chi connectivity index (χ2v) is 7.85. The minimum atomic E-state index is -0.531. The molecule has 2 aromatic carbocycles. The molecule has 30 heavy (non-hydrogen) atoms. The average molecular weight is 400 g/mol. The summed E-state index contributed by atoms with van der Waals surface area (Å²) in [4.78, 5) is 25.3. The summed E-state index contributed by atoms with van der Waals surface area (Å²) in [6, 6.07) is 11.5. The van der Waals surface area contributed by atoms with E-state index < -0.39 is 5.41 Å². The first-order valence-electron chi connectivity index (χ1n) is 9.57. The molecule has 1 aliphatic rings. The van der Waals surface area contributed by atoms with E-state index >= 15 is 0 Å². The lowest BCUT2D eigenvalue weighted by Gasteiger charge is -2.15. The van der Waals surface area contributed by atoms with Gasteiger partial charge in [-0.2, -0.15) is 4.98 Å². The fourth-order valence-corrected chi connectivity index (χ4v) is 3.50. The van der Waals surface area contributed by atoms with Crippen LogP contribution in [0.3, 0.4) is 0 Å². The van der Waals surface area contributed by atoms with Crippen LogP contribution < -0.4 is 16.0 Å². The highest BCUT2D eigenvalue weighted by molar-refractivity contribution is 6.06. The summed E-state index contributed by atoms with van der Waals surface area (Å²) in [6.45, 7) is 5.77. The van der Waals surface area contributed by atoms with Crippen molar-refractivity contribution in [3.63, 3.8) is 0 Å². The lowest BCUT2D eigenvalue weighted by Crippen LogP contribution is -2.26. The van der Waals surface area contributed by atoms with Crippen molar-refractivity contribution in [1.29, 1.82) is 0 Å². The second-order valence-electron chi connectivity index (χ2n) is 7.85. The minimum absolute atomic E-state index is 0.00296. The number of nitrogens with zero attached hydrogens (tertiary/aromatic N) is 3. The van der Waals surface area contributed by atoms with Gasteiger partial charge in [-0.1, -0.05) is 6.07 Å². The second kappa shape index (κ2) is 6.55. The van der Waals surface area contributed by atoms with Crippen LogP contribution in [0, 0.1) is 6.92 Å². The molecule has 1 amide bonds. The van der Waals surface area contributed by atoms with E-state index in [-0.39, 0.29) is 5.91 Å². The van der Waals surface area contributed by atoms with Gasteiger partial charge in [-0.3, -0.25) is 4.79 Å². The number of hydrogen-bond acceptors (Lipinski definition) is 7. The summed E-state index contributed by atoms with van der Waals surface area (Å²) in [5, 5.41) is 9.46. The molecule has 0 atom stereocenters. The minimum Gasteiger partial charge on any atom is -0.443 e. The number of fused-ring (bicyclic) bond motifs is 2. The molecular weight excluding hydrogens is 380 g/mol. The van der Waals surface area contributed by atoms with Crippen LogP contribution in [0.1, 0.15) is 25.0 Å². The number of amides is 1. The van der Waals surface area contributed by atoms with Gasteiger partial charge in [0.1, 0.15) is 11.3 Å². The first-order chi connectivity index (χ1) is 14.4. The van der Waals surface area contributed by atoms with Gasteiger partial charge in [0.15, 0.2) is 12.0 Å². The Morgan fingerprint density at radius 3 is 2.70 bits per heavy atom. The van der Waals surface area contributed by atoms with Gasteiger partial charge in [-0.25, -0.2) is 9.97 Å². The molecular formula is C22H20N6O2.